The summed E-state index contributed by atoms with van der Waals surface area (Å²) in [5.41, 5.74) is 4.14. The smallest absolute Gasteiger partial charge is 0.210 e. The fourth-order valence-electron chi connectivity index (χ4n) is 3.40. The van der Waals surface area contributed by atoms with Gasteiger partial charge in [0.15, 0.2) is 11.5 Å². The number of ether oxygens (including phenoxy) is 2. The Morgan fingerprint density at radius 1 is 1.17 bits per heavy atom. The number of carbonyl (C=O) groups excluding carboxylic acids is 2. The van der Waals surface area contributed by atoms with Crippen molar-refractivity contribution in [1.82, 2.24) is 4.90 Å². The van der Waals surface area contributed by atoms with Crippen molar-refractivity contribution in [2.45, 2.75) is 38.8 Å². The average Bonchev–Trinajstić information content (AvgIpc) is 2.75. The van der Waals surface area contributed by atoms with Crippen molar-refractivity contribution in [2.24, 2.45) is 4.99 Å². The van der Waals surface area contributed by atoms with E-state index in [0.29, 0.717) is 37.5 Å². The van der Waals surface area contributed by atoms with Crippen molar-refractivity contribution in [2.75, 3.05) is 13.7 Å². The lowest BCUT2D eigenvalue weighted by Gasteiger charge is -2.31. The van der Waals surface area contributed by atoms with E-state index in [1.807, 2.05) is 37.4 Å². The van der Waals surface area contributed by atoms with Crippen molar-refractivity contribution in [3.63, 3.8) is 0 Å². The number of nitrogens with zero attached hydrogens (tertiary/aromatic N) is 2. The predicted octanol–water partition coefficient (Wildman–Crippen LogP) is 3.65. The number of hydrogen-bond acceptors (Lipinski definition) is 5. The van der Waals surface area contributed by atoms with Crippen molar-refractivity contribution < 1.29 is 19.1 Å². The third kappa shape index (κ3) is 5.02. The van der Waals surface area contributed by atoms with Crippen LogP contribution in [0, 0.1) is 6.92 Å². The molecule has 1 aliphatic rings. The van der Waals surface area contributed by atoms with Gasteiger partial charge in [-0.3, -0.25) is 9.79 Å². The number of hydrogen-bond donors (Lipinski definition) is 0. The highest BCUT2D eigenvalue weighted by Gasteiger charge is 2.23. The summed E-state index contributed by atoms with van der Waals surface area (Å²) >= 11 is 0. The van der Waals surface area contributed by atoms with E-state index >= 15 is 0 Å². The van der Waals surface area contributed by atoms with Crippen molar-refractivity contribution in [3.8, 4) is 11.5 Å². The monoisotopic (exact) mass is 394 g/mol. The first-order valence-corrected chi connectivity index (χ1v) is 9.73. The van der Waals surface area contributed by atoms with Crippen molar-refractivity contribution >= 4 is 24.6 Å². The van der Waals surface area contributed by atoms with Crippen LogP contribution in [0.3, 0.4) is 0 Å². The quantitative estimate of drug-likeness (QED) is 0.370. The van der Waals surface area contributed by atoms with Crippen LogP contribution in [0.4, 0.5) is 5.69 Å². The summed E-state index contributed by atoms with van der Waals surface area (Å²) in [4.78, 5) is 28.5. The number of aldehydes is 1. The Morgan fingerprint density at radius 2 is 1.97 bits per heavy atom. The van der Waals surface area contributed by atoms with E-state index in [0.717, 1.165) is 30.4 Å². The first-order chi connectivity index (χ1) is 14.2. The Hall–Kier alpha value is -3.15. The normalized spacial score (nSPS) is 15.8. The third-order valence-corrected chi connectivity index (χ3v) is 5.05. The summed E-state index contributed by atoms with van der Waals surface area (Å²) in [6, 6.07) is 11.8. The van der Waals surface area contributed by atoms with Gasteiger partial charge < -0.3 is 19.2 Å². The zero-order chi connectivity index (χ0) is 20.6. The van der Waals surface area contributed by atoms with Crippen LogP contribution in [-0.2, 0) is 22.6 Å². The minimum atomic E-state index is -0.0964. The number of aryl methyl sites for hydroxylation is 1. The molecule has 0 radical (unpaired) electrons. The number of unbranched alkanes of at least 4 members (excludes halogenated alkanes) is 1. The van der Waals surface area contributed by atoms with Gasteiger partial charge in [0.05, 0.1) is 25.4 Å². The Bertz CT molecular complexity index is 894. The maximum absolute atomic E-state index is 11.6. The molecule has 6 nitrogen and oxygen atoms in total. The number of amides is 1. The minimum Gasteiger partial charge on any atom is -0.493 e. The summed E-state index contributed by atoms with van der Waals surface area (Å²) in [7, 11) is 1.59. The molecular formula is C23H26N2O4. The molecule has 0 fully saturated rings. The second-order valence-corrected chi connectivity index (χ2v) is 7.04. The van der Waals surface area contributed by atoms with E-state index in [9.17, 15) is 9.59 Å². The second-order valence-electron chi connectivity index (χ2n) is 7.04. The number of fused-ring (bicyclic) bond motifs is 1. The topological polar surface area (TPSA) is 68.2 Å². The van der Waals surface area contributed by atoms with Crippen LogP contribution in [0.1, 0.15) is 29.5 Å². The summed E-state index contributed by atoms with van der Waals surface area (Å²) in [6.45, 7) is 2.97. The summed E-state index contributed by atoms with van der Waals surface area (Å²) < 4.78 is 11.2. The van der Waals surface area contributed by atoms with Gasteiger partial charge in [0.2, 0.25) is 6.41 Å². The Balaban J connectivity index is 1.80. The molecule has 0 spiro atoms. The predicted molar refractivity (Wildman–Crippen MR) is 112 cm³/mol. The van der Waals surface area contributed by atoms with Gasteiger partial charge in [-0.15, -0.1) is 0 Å². The van der Waals surface area contributed by atoms with Gasteiger partial charge in [0.1, 0.15) is 6.29 Å². The van der Waals surface area contributed by atoms with Crippen LogP contribution >= 0.6 is 0 Å². The molecule has 0 aromatic heterocycles. The van der Waals surface area contributed by atoms with Gasteiger partial charge in [0.25, 0.3) is 0 Å². The van der Waals surface area contributed by atoms with Crippen molar-refractivity contribution in [1.29, 1.82) is 0 Å². The largest absolute Gasteiger partial charge is 0.493 e. The van der Waals surface area contributed by atoms with E-state index in [2.05, 4.69) is 17.1 Å². The molecule has 0 N–H and O–H groups in total. The lowest BCUT2D eigenvalue weighted by molar-refractivity contribution is -0.119. The Labute approximate surface area is 171 Å². The molecule has 0 bridgehead atoms. The van der Waals surface area contributed by atoms with Gasteiger partial charge in [-0.2, -0.15) is 0 Å². The highest BCUT2D eigenvalue weighted by Crippen LogP contribution is 2.35. The third-order valence-electron chi connectivity index (χ3n) is 5.05. The molecule has 1 amide bonds. The number of carbonyl (C=O) groups is 2. The molecule has 152 valence electrons. The first-order valence-electron chi connectivity index (χ1n) is 9.73. The number of benzene rings is 2. The van der Waals surface area contributed by atoms with E-state index in [1.165, 1.54) is 11.1 Å². The van der Waals surface area contributed by atoms with Gasteiger partial charge in [0, 0.05) is 25.2 Å². The molecule has 6 heteroatoms. The zero-order valence-electron chi connectivity index (χ0n) is 16.8. The molecule has 0 aliphatic carbocycles. The van der Waals surface area contributed by atoms with Crippen LogP contribution in [0.5, 0.6) is 11.5 Å². The number of rotatable bonds is 9. The van der Waals surface area contributed by atoms with Gasteiger partial charge in [-0.25, -0.2) is 0 Å². The highest BCUT2D eigenvalue weighted by atomic mass is 16.5. The second kappa shape index (κ2) is 9.87. The zero-order valence-corrected chi connectivity index (χ0v) is 16.8. The Morgan fingerprint density at radius 3 is 2.69 bits per heavy atom. The average molecular weight is 394 g/mol. The molecular weight excluding hydrogens is 368 g/mol. The lowest BCUT2D eigenvalue weighted by atomic mass is 9.95. The van der Waals surface area contributed by atoms with Gasteiger partial charge >= 0.3 is 0 Å². The van der Waals surface area contributed by atoms with Crippen LogP contribution in [0.25, 0.3) is 0 Å². The van der Waals surface area contributed by atoms with E-state index in [-0.39, 0.29) is 6.04 Å². The molecule has 29 heavy (non-hydrogen) atoms. The molecule has 1 heterocycles. The van der Waals surface area contributed by atoms with Crippen LogP contribution in [0.2, 0.25) is 0 Å². The maximum Gasteiger partial charge on any atom is 0.210 e. The highest BCUT2D eigenvalue weighted by molar-refractivity contribution is 5.74. The molecule has 2 aromatic rings. The molecule has 1 atom stereocenters. The fourth-order valence-corrected chi connectivity index (χ4v) is 3.40. The minimum absolute atomic E-state index is 0.0964. The molecule has 0 saturated carbocycles. The summed E-state index contributed by atoms with van der Waals surface area (Å²) in [5.74, 6) is 1.23. The lowest BCUT2D eigenvalue weighted by Crippen LogP contribution is -2.40. The maximum atomic E-state index is 11.6. The SMILES string of the molecule is COc1cc(C)c(N=CC2Cc3ccccc3CN2C=O)cc1OCCCC=O. The van der Waals surface area contributed by atoms with Crippen LogP contribution in [0.15, 0.2) is 41.4 Å². The Kier molecular flexibility index (Phi) is 7.00. The van der Waals surface area contributed by atoms with E-state index in [4.69, 9.17) is 9.47 Å². The standard InChI is InChI=1S/C23H26N2O4/c1-17-11-22(28-2)23(29-10-6-5-9-26)13-21(17)24-14-20-12-18-7-3-4-8-19(18)15-25(20)16-27/h3-4,7-9,11,13-14,16,20H,5-6,10,12,15H2,1-2H3. The molecule has 1 aliphatic heterocycles. The van der Waals surface area contributed by atoms with Gasteiger partial charge in [-0.1, -0.05) is 24.3 Å². The first kappa shape index (κ1) is 20.6. The summed E-state index contributed by atoms with van der Waals surface area (Å²) in [6.07, 6.45) is 5.44. The molecule has 1 unspecified atom stereocenters. The van der Waals surface area contributed by atoms with Crippen LogP contribution in [-0.4, -0.2) is 43.6 Å². The number of aliphatic imine (C=N–C) groups is 1. The molecule has 0 saturated heterocycles. The van der Waals surface area contributed by atoms with Crippen LogP contribution < -0.4 is 9.47 Å². The number of methoxy groups -OCH3 is 1. The molecule has 3 rings (SSSR count). The van der Waals surface area contributed by atoms with Crippen molar-refractivity contribution in [3.05, 3.63) is 53.1 Å². The van der Waals surface area contributed by atoms with E-state index < -0.39 is 0 Å². The van der Waals surface area contributed by atoms with Gasteiger partial charge in [-0.05, 0) is 42.5 Å². The fraction of sp³-hybridized carbons (Fsp3) is 0.348. The van der Waals surface area contributed by atoms with E-state index in [1.54, 1.807) is 12.0 Å². The molecule has 2 aromatic carbocycles. The summed E-state index contributed by atoms with van der Waals surface area (Å²) in [5, 5.41) is 0.